The van der Waals surface area contributed by atoms with Crippen LogP contribution in [0.25, 0.3) is 0 Å². The fourth-order valence-corrected chi connectivity index (χ4v) is 4.16. The van der Waals surface area contributed by atoms with Gasteiger partial charge in [-0.25, -0.2) is 0 Å². The van der Waals surface area contributed by atoms with Gasteiger partial charge in [-0.05, 0) is 44.1 Å². The van der Waals surface area contributed by atoms with Gasteiger partial charge in [0.25, 0.3) is 0 Å². The maximum Gasteiger partial charge on any atom is 0.222 e. The number of carbonyl (C=O) groups excluding carboxylic acids is 1. The molecule has 0 N–H and O–H groups in total. The van der Waals surface area contributed by atoms with E-state index in [1.807, 2.05) is 6.07 Å². The van der Waals surface area contributed by atoms with Crippen molar-refractivity contribution >= 4 is 5.91 Å². The molecule has 4 nitrogen and oxygen atoms in total. The van der Waals surface area contributed by atoms with E-state index >= 15 is 0 Å². The van der Waals surface area contributed by atoms with Crippen LogP contribution in [-0.4, -0.2) is 61.1 Å². The van der Waals surface area contributed by atoms with Gasteiger partial charge in [0.05, 0.1) is 13.2 Å². The number of rotatable bonds is 6. The molecule has 138 valence electrons. The average Bonchev–Trinajstić information content (AvgIpc) is 2.69. The Labute approximate surface area is 152 Å². The molecule has 4 heteroatoms. The van der Waals surface area contributed by atoms with Crippen LogP contribution in [0.3, 0.4) is 0 Å². The molecular weight excluding hydrogens is 312 g/mol. The van der Waals surface area contributed by atoms with Gasteiger partial charge in [-0.3, -0.25) is 9.69 Å². The molecule has 25 heavy (non-hydrogen) atoms. The molecule has 2 fully saturated rings. The number of morpholine rings is 1. The predicted octanol–water partition coefficient (Wildman–Crippen LogP) is 2.97. The summed E-state index contributed by atoms with van der Waals surface area (Å²) >= 11 is 0. The quantitative estimate of drug-likeness (QED) is 0.795. The summed E-state index contributed by atoms with van der Waals surface area (Å²) in [5.74, 6) is 1.06. The van der Waals surface area contributed by atoms with E-state index in [4.69, 9.17) is 4.74 Å². The van der Waals surface area contributed by atoms with Crippen LogP contribution in [-0.2, 0) is 16.0 Å². The number of carbonyl (C=O) groups is 1. The number of amides is 1. The number of piperidine rings is 1. The third kappa shape index (κ3) is 5.29. The Balaban J connectivity index is 1.37. The fraction of sp³-hybridized carbons (Fsp3) is 0.667. The Bertz CT molecular complexity index is 520. The molecule has 1 aromatic carbocycles. The SMILES string of the molecule is C[C@@H](C1CCN(C(=O)CCCc2ccccc2)CC1)N1CCOCC1. The smallest absolute Gasteiger partial charge is 0.222 e. The number of hydrogen-bond acceptors (Lipinski definition) is 3. The lowest BCUT2D eigenvalue weighted by atomic mass is 9.89. The molecule has 2 saturated heterocycles. The average molecular weight is 344 g/mol. The Kier molecular flexibility index (Phi) is 6.88. The van der Waals surface area contributed by atoms with Gasteiger partial charge in [-0.1, -0.05) is 30.3 Å². The summed E-state index contributed by atoms with van der Waals surface area (Å²) in [4.78, 5) is 17.1. The van der Waals surface area contributed by atoms with Crippen molar-refractivity contribution in [2.24, 2.45) is 5.92 Å². The number of ether oxygens (including phenoxy) is 1. The summed E-state index contributed by atoms with van der Waals surface area (Å²) in [5.41, 5.74) is 1.33. The van der Waals surface area contributed by atoms with Crippen LogP contribution in [0, 0.1) is 5.92 Å². The van der Waals surface area contributed by atoms with Crippen LogP contribution in [0.1, 0.15) is 38.2 Å². The summed E-state index contributed by atoms with van der Waals surface area (Å²) in [6.07, 6.45) is 4.91. The van der Waals surface area contributed by atoms with Crippen LogP contribution in [0.5, 0.6) is 0 Å². The Morgan fingerprint density at radius 2 is 1.80 bits per heavy atom. The first kappa shape index (κ1) is 18.4. The van der Waals surface area contributed by atoms with Crippen LogP contribution >= 0.6 is 0 Å². The minimum Gasteiger partial charge on any atom is -0.379 e. The topological polar surface area (TPSA) is 32.8 Å². The van der Waals surface area contributed by atoms with Crippen molar-refractivity contribution in [3.05, 3.63) is 35.9 Å². The van der Waals surface area contributed by atoms with Crippen LogP contribution < -0.4 is 0 Å². The molecule has 3 rings (SSSR count). The summed E-state index contributed by atoms with van der Waals surface area (Å²) in [5, 5.41) is 0. The van der Waals surface area contributed by atoms with Gasteiger partial charge >= 0.3 is 0 Å². The Morgan fingerprint density at radius 1 is 1.12 bits per heavy atom. The molecule has 2 heterocycles. The highest BCUT2D eigenvalue weighted by Gasteiger charge is 2.29. The second-order valence-electron chi connectivity index (χ2n) is 7.45. The first-order valence-electron chi connectivity index (χ1n) is 9.87. The van der Waals surface area contributed by atoms with Crippen molar-refractivity contribution in [1.82, 2.24) is 9.80 Å². The van der Waals surface area contributed by atoms with E-state index in [1.54, 1.807) is 0 Å². The standard InChI is InChI=1S/C21H32N2O2/c1-18(22-14-16-25-17-15-22)20-10-12-23(13-11-20)21(24)9-5-8-19-6-3-2-4-7-19/h2-4,6-7,18,20H,5,8-17H2,1H3/t18-/m0/s1. The summed E-state index contributed by atoms with van der Waals surface area (Å²) < 4.78 is 5.46. The highest BCUT2D eigenvalue weighted by molar-refractivity contribution is 5.76. The lowest BCUT2D eigenvalue weighted by Crippen LogP contribution is -2.49. The third-order valence-electron chi connectivity index (χ3n) is 5.90. The normalized spacial score (nSPS) is 21.2. The fourth-order valence-electron chi connectivity index (χ4n) is 4.16. The van der Waals surface area contributed by atoms with E-state index < -0.39 is 0 Å². The van der Waals surface area contributed by atoms with Gasteiger partial charge < -0.3 is 9.64 Å². The summed E-state index contributed by atoms with van der Waals surface area (Å²) in [7, 11) is 0. The molecule has 1 atom stereocenters. The number of hydrogen-bond donors (Lipinski definition) is 0. The molecule has 0 saturated carbocycles. The van der Waals surface area contributed by atoms with E-state index in [-0.39, 0.29) is 0 Å². The molecule has 2 aliphatic rings. The molecule has 1 aromatic rings. The molecular formula is C21H32N2O2. The molecule has 2 aliphatic heterocycles. The van der Waals surface area contributed by atoms with Gasteiger partial charge in [0, 0.05) is 38.6 Å². The van der Waals surface area contributed by atoms with E-state index in [0.29, 0.717) is 24.3 Å². The molecule has 0 radical (unpaired) electrons. The maximum absolute atomic E-state index is 12.5. The summed E-state index contributed by atoms with van der Waals surface area (Å²) in [6, 6.07) is 11.1. The van der Waals surface area contributed by atoms with Crippen molar-refractivity contribution in [1.29, 1.82) is 0 Å². The third-order valence-corrected chi connectivity index (χ3v) is 5.90. The molecule has 0 bridgehead atoms. The van der Waals surface area contributed by atoms with Gasteiger partial charge in [-0.2, -0.15) is 0 Å². The Hall–Kier alpha value is -1.39. The monoisotopic (exact) mass is 344 g/mol. The largest absolute Gasteiger partial charge is 0.379 e. The van der Waals surface area contributed by atoms with E-state index in [2.05, 4.69) is 41.0 Å². The van der Waals surface area contributed by atoms with Gasteiger partial charge in [0.1, 0.15) is 0 Å². The van der Waals surface area contributed by atoms with Crippen LogP contribution in [0.4, 0.5) is 0 Å². The first-order valence-corrected chi connectivity index (χ1v) is 9.87. The van der Waals surface area contributed by atoms with Crippen LogP contribution in [0.2, 0.25) is 0 Å². The minimum absolute atomic E-state index is 0.341. The predicted molar refractivity (Wildman–Crippen MR) is 101 cm³/mol. The highest BCUT2D eigenvalue weighted by atomic mass is 16.5. The number of likely N-dealkylation sites (tertiary alicyclic amines) is 1. The Morgan fingerprint density at radius 3 is 2.48 bits per heavy atom. The number of aryl methyl sites for hydroxylation is 1. The van der Waals surface area contributed by atoms with Crippen molar-refractivity contribution < 1.29 is 9.53 Å². The zero-order valence-electron chi connectivity index (χ0n) is 15.5. The number of nitrogens with zero attached hydrogens (tertiary/aromatic N) is 2. The van der Waals surface area contributed by atoms with Gasteiger partial charge in [-0.15, -0.1) is 0 Å². The molecule has 0 unspecified atom stereocenters. The van der Waals surface area contributed by atoms with Crippen LogP contribution in [0.15, 0.2) is 30.3 Å². The minimum atomic E-state index is 0.341. The summed E-state index contributed by atoms with van der Waals surface area (Å²) in [6.45, 7) is 8.06. The lowest BCUT2D eigenvalue weighted by Gasteiger charge is -2.41. The van der Waals surface area contributed by atoms with Crippen molar-refractivity contribution in [3.63, 3.8) is 0 Å². The zero-order chi connectivity index (χ0) is 17.5. The first-order chi connectivity index (χ1) is 12.2. The van der Waals surface area contributed by atoms with Crippen molar-refractivity contribution in [2.75, 3.05) is 39.4 Å². The highest BCUT2D eigenvalue weighted by Crippen LogP contribution is 2.25. The van der Waals surface area contributed by atoms with Gasteiger partial charge in [0.2, 0.25) is 5.91 Å². The van der Waals surface area contributed by atoms with E-state index in [1.165, 1.54) is 5.56 Å². The maximum atomic E-state index is 12.5. The zero-order valence-corrected chi connectivity index (χ0v) is 15.5. The van der Waals surface area contributed by atoms with Gasteiger partial charge in [0.15, 0.2) is 0 Å². The second kappa shape index (κ2) is 9.35. The lowest BCUT2D eigenvalue weighted by molar-refractivity contribution is -0.133. The molecule has 0 spiro atoms. The number of benzene rings is 1. The molecule has 1 amide bonds. The molecule has 0 aromatic heterocycles. The van der Waals surface area contributed by atoms with E-state index in [9.17, 15) is 4.79 Å². The van der Waals surface area contributed by atoms with Crippen molar-refractivity contribution in [3.8, 4) is 0 Å². The van der Waals surface area contributed by atoms with Crippen molar-refractivity contribution in [2.45, 2.75) is 45.1 Å². The molecule has 0 aliphatic carbocycles. The van der Waals surface area contributed by atoms with E-state index in [0.717, 1.165) is 65.1 Å². The second-order valence-corrected chi connectivity index (χ2v) is 7.45.